The minimum absolute atomic E-state index is 0.361. The van der Waals surface area contributed by atoms with E-state index in [1.165, 1.54) is 18.4 Å². The maximum absolute atomic E-state index is 13.2. The highest BCUT2D eigenvalue weighted by molar-refractivity contribution is 5.79. The molecule has 0 bridgehead atoms. The minimum atomic E-state index is -0.394. The van der Waals surface area contributed by atoms with Crippen LogP contribution < -0.4 is 10.6 Å². The number of benzene rings is 1. The van der Waals surface area contributed by atoms with E-state index in [9.17, 15) is 8.78 Å². The second-order valence-corrected chi connectivity index (χ2v) is 4.83. The first-order chi connectivity index (χ1) is 11.2. The number of aromatic nitrogens is 1. The predicted octanol–water partition coefficient (Wildman–Crippen LogP) is 4.55. The van der Waals surface area contributed by atoms with Crippen molar-refractivity contribution in [1.29, 1.82) is 0 Å². The Labute approximate surface area is 132 Å². The molecule has 0 saturated carbocycles. The van der Waals surface area contributed by atoms with E-state index in [1.54, 1.807) is 12.1 Å². The first-order valence-corrected chi connectivity index (χ1v) is 7.05. The Morgan fingerprint density at radius 1 is 0.913 bits per heavy atom. The number of para-hydroxylation sites is 2. The van der Waals surface area contributed by atoms with Crippen molar-refractivity contribution in [1.82, 2.24) is 4.98 Å². The number of nitrogens with one attached hydrogen (secondary N) is 2. The fourth-order valence-electron chi connectivity index (χ4n) is 2.03. The number of halogens is 2. The summed E-state index contributed by atoms with van der Waals surface area (Å²) in [5, 5.41) is 6.25. The van der Waals surface area contributed by atoms with Crippen molar-refractivity contribution in [3.05, 3.63) is 72.2 Å². The van der Waals surface area contributed by atoms with Crippen LogP contribution in [0.15, 0.2) is 71.4 Å². The lowest BCUT2D eigenvalue weighted by atomic mass is 10.2. The van der Waals surface area contributed by atoms with Gasteiger partial charge in [0.1, 0.15) is 23.3 Å². The first-order valence-electron chi connectivity index (χ1n) is 7.05. The third-order valence-electron chi connectivity index (χ3n) is 3.13. The molecule has 2 N–H and O–H groups in total. The highest BCUT2D eigenvalue weighted by atomic mass is 19.1. The zero-order chi connectivity index (χ0) is 16.1. The Balaban J connectivity index is 1.79. The van der Waals surface area contributed by atoms with E-state index < -0.39 is 5.82 Å². The maximum Gasteiger partial charge on any atom is 0.141 e. The summed E-state index contributed by atoms with van der Waals surface area (Å²) in [6, 6.07) is 10.3. The van der Waals surface area contributed by atoms with Crippen LogP contribution in [-0.2, 0) is 0 Å². The van der Waals surface area contributed by atoms with Crippen molar-refractivity contribution in [3.8, 4) is 0 Å². The molecule has 0 atom stereocenters. The molecule has 2 heterocycles. The summed E-state index contributed by atoms with van der Waals surface area (Å²) < 4.78 is 26.1. The largest absolute Gasteiger partial charge is 0.339 e. The summed E-state index contributed by atoms with van der Waals surface area (Å²) in [5.41, 5.74) is 1.50. The number of aliphatic imine (C=N–C) groups is 1. The molecule has 4 nitrogen and oxygen atoms in total. The van der Waals surface area contributed by atoms with Crippen molar-refractivity contribution < 1.29 is 8.78 Å². The van der Waals surface area contributed by atoms with Crippen LogP contribution in [0.4, 0.5) is 26.0 Å². The monoisotopic (exact) mass is 312 g/mol. The van der Waals surface area contributed by atoms with Crippen LogP contribution in [0.5, 0.6) is 0 Å². The molecule has 1 aromatic carbocycles. The lowest BCUT2D eigenvalue weighted by Gasteiger charge is -2.13. The van der Waals surface area contributed by atoms with Crippen molar-refractivity contribution in [2.45, 2.75) is 6.42 Å². The second kappa shape index (κ2) is 6.83. The van der Waals surface area contributed by atoms with E-state index >= 15 is 0 Å². The van der Waals surface area contributed by atoms with Gasteiger partial charge in [0, 0.05) is 0 Å². The zero-order valence-corrected chi connectivity index (χ0v) is 12.1. The van der Waals surface area contributed by atoms with Crippen molar-refractivity contribution in [2.75, 3.05) is 10.6 Å². The Morgan fingerprint density at radius 2 is 1.70 bits per heavy atom. The molecule has 6 heteroatoms. The van der Waals surface area contributed by atoms with E-state index in [4.69, 9.17) is 0 Å². The number of hydrogen-bond acceptors (Lipinski definition) is 4. The molecule has 0 aliphatic carbocycles. The average molecular weight is 312 g/mol. The second-order valence-electron chi connectivity index (χ2n) is 4.83. The molecule has 0 unspecified atom stereocenters. The van der Waals surface area contributed by atoms with Crippen LogP contribution in [0, 0.1) is 5.82 Å². The Bertz CT molecular complexity index is 779. The molecule has 1 aliphatic rings. The average Bonchev–Trinajstić information content (AvgIpc) is 2.76. The standard InChI is InChI=1S/C17H14F2N4/c18-12-4-3-7-16(20-10-12)22-14-5-1-2-6-15(14)23-17-9-8-13(19)11-21-17/h1-2,4-11,22H,3H2,(H,21,23). The molecular formula is C17H14F2N4. The lowest BCUT2D eigenvalue weighted by molar-refractivity contribution is 0.622. The van der Waals surface area contributed by atoms with Gasteiger partial charge in [0.2, 0.25) is 0 Å². The summed E-state index contributed by atoms with van der Waals surface area (Å²) in [7, 11) is 0. The first kappa shape index (κ1) is 14.9. The van der Waals surface area contributed by atoms with Gasteiger partial charge in [-0.2, -0.15) is 0 Å². The van der Waals surface area contributed by atoms with Gasteiger partial charge in [-0.25, -0.2) is 18.8 Å². The van der Waals surface area contributed by atoms with E-state index in [0.29, 0.717) is 18.1 Å². The van der Waals surface area contributed by atoms with Crippen molar-refractivity contribution in [2.24, 2.45) is 4.99 Å². The number of pyridine rings is 1. The van der Waals surface area contributed by atoms with Gasteiger partial charge in [0.05, 0.1) is 23.8 Å². The molecule has 1 aliphatic heterocycles. The van der Waals surface area contributed by atoms with E-state index in [0.717, 1.165) is 17.6 Å². The fourth-order valence-corrected chi connectivity index (χ4v) is 2.03. The van der Waals surface area contributed by atoms with Crippen LogP contribution in [0.1, 0.15) is 6.42 Å². The van der Waals surface area contributed by atoms with Gasteiger partial charge in [0.25, 0.3) is 0 Å². The fraction of sp³-hybridized carbons (Fsp3) is 0.0588. The molecular weight excluding hydrogens is 298 g/mol. The molecule has 1 aromatic heterocycles. The van der Waals surface area contributed by atoms with Crippen LogP contribution in [0.3, 0.4) is 0 Å². The predicted molar refractivity (Wildman–Crippen MR) is 87.9 cm³/mol. The zero-order valence-electron chi connectivity index (χ0n) is 12.1. The summed E-state index contributed by atoms with van der Waals surface area (Å²) in [4.78, 5) is 8.02. The Morgan fingerprint density at radius 3 is 2.43 bits per heavy atom. The van der Waals surface area contributed by atoms with E-state index in [2.05, 4.69) is 20.6 Å². The van der Waals surface area contributed by atoms with Crippen LogP contribution >= 0.6 is 0 Å². The summed E-state index contributed by atoms with van der Waals surface area (Å²) in [5.74, 6) is 0.316. The maximum atomic E-state index is 13.2. The molecule has 0 amide bonds. The number of rotatable bonds is 4. The number of anilines is 3. The Hall–Kier alpha value is -3.02. The summed E-state index contributed by atoms with van der Waals surface area (Å²) >= 11 is 0. The van der Waals surface area contributed by atoms with Gasteiger partial charge in [-0.3, -0.25) is 0 Å². The summed E-state index contributed by atoms with van der Waals surface area (Å²) in [6.45, 7) is 0. The highest BCUT2D eigenvalue weighted by Crippen LogP contribution is 2.26. The van der Waals surface area contributed by atoms with Crippen molar-refractivity contribution in [3.63, 3.8) is 0 Å². The molecule has 0 fully saturated rings. The molecule has 23 heavy (non-hydrogen) atoms. The lowest BCUT2D eigenvalue weighted by Crippen LogP contribution is -2.02. The molecule has 0 radical (unpaired) electrons. The highest BCUT2D eigenvalue weighted by Gasteiger charge is 2.06. The molecule has 2 aromatic rings. The van der Waals surface area contributed by atoms with Gasteiger partial charge in [-0.15, -0.1) is 0 Å². The SMILES string of the molecule is FC1=CCC=C(Nc2ccccc2Nc2ccc(F)cn2)N=C1. The number of nitrogens with zero attached hydrogens (tertiary/aromatic N) is 2. The third-order valence-corrected chi connectivity index (χ3v) is 3.13. The van der Waals surface area contributed by atoms with E-state index in [1.807, 2.05) is 24.3 Å². The van der Waals surface area contributed by atoms with Crippen LogP contribution in [-0.4, -0.2) is 11.2 Å². The van der Waals surface area contributed by atoms with Gasteiger partial charge in [0.15, 0.2) is 0 Å². The molecule has 0 saturated heterocycles. The van der Waals surface area contributed by atoms with E-state index in [-0.39, 0.29) is 5.83 Å². The van der Waals surface area contributed by atoms with Crippen LogP contribution in [0.2, 0.25) is 0 Å². The normalized spacial score (nSPS) is 13.8. The van der Waals surface area contributed by atoms with Crippen LogP contribution in [0.25, 0.3) is 0 Å². The van der Waals surface area contributed by atoms with Gasteiger partial charge < -0.3 is 10.6 Å². The third kappa shape index (κ3) is 4.00. The summed E-state index contributed by atoms with van der Waals surface area (Å²) in [6.07, 6.45) is 6.01. The Kier molecular flexibility index (Phi) is 4.42. The quantitative estimate of drug-likeness (QED) is 0.871. The molecule has 3 rings (SSSR count). The smallest absolute Gasteiger partial charge is 0.141 e. The number of allylic oxidation sites excluding steroid dienone is 3. The molecule has 0 spiro atoms. The topological polar surface area (TPSA) is 49.3 Å². The van der Waals surface area contributed by atoms with Gasteiger partial charge in [-0.1, -0.05) is 12.1 Å². The van der Waals surface area contributed by atoms with Crippen molar-refractivity contribution >= 4 is 23.4 Å². The minimum Gasteiger partial charge on any atom is -0.339 e. The number of hydrogen-bond donors (Lipinski definition) is 2. The van der Waals surface area contributed by atoms with Gasteiger partial charge >= 0.3 is 0 Å². The van der Waals surface area contributed by atoms with Gasteiger partial charge in [-0.05, 0) is 42.8 Å². The molecule has 116 valence electrons.